The van der Waals surface area contributed by atoms with Gasteiger partial charge >= 0.3 is 0 Å². The molecule has 2 aromatic carbocycles. The number of rotatable bonds is 5. The Morgan fingerprint density at radius 3 is 2.19 bits per heavy atom. The highest BCUT2D eigenvalue weighted by Gasteiger charge is 2.17. The number of hydrogen-bond donors (Lipinski definition) is 1. The molecule has 0 fully saturated rings. The van der Waals surface area contributed by atoms with Gasteiger partial charge in [0.1, 0.15) is 0 Å². The Hall–Kier alpha value is -2.19. The minimum Gasteiger partial charge on any atom is -0.321 e. The van der Waals surface area contributed by atoms with Crippen molar-refractivity contribution >= 4 is 44.6 Å². The molecule has 5 nitrogen and oxygen atoms in total. The largest absolute Gasteiger partial charge is 0.321 e. The number of hydrogen-bond acceptors (Lipinski definition) is 4. The molecule has 0 saturated carbocycles. The minimum absolute atomic E-state index is 0.173. The first-order valence-electron chi connectivity index (χ1n) is 7.97. The highest BCUT2D eigenvalue weighted by Crippen LogP contribution is 2.29. The molecule has 0 spiro atoms. The van der Waals surface area contributed by atoms with E-state index in [4.69, 9.17) is 11.6 Å². The van der Waals surface area contributed by atoms with Crippen molar-refractivity contribution in [3.8, 4) is 10.4 Å². The summed E-state index contributed by atoms with van der Waals surface area (Å²) in [7, 11) is -0.547. The molecule has 0 unspecified atom stereocenters. The van der Waals surface area contributed by atoms with E-state index in [1.165, 1.54) is 37.6 Å². The van der Waals surface area contributed by atoms with E-state index in [9.17, 15) is 13.2 Å². The van der Waals surface area contributed by atoms with Crippen LogP contribution in [0.25, 0.3) is 10.4 Å². The number of thiophene rings is 1. The number of halogens is 1. The molecule has 27 heavy (non-hydrogen) atoms. The molecule has 1 heterocycles. The number of sulfonamides is 1. The number of carbonyl (C=O) groups excluding carboxylic acids is 1. The summed E-state index contributed by atoms with van der Waals surface area (Å²) < 4.78 is 25.3. The Balaban J connectivity index is 1.73. The molecule has 3 rings (SSSR count). The van der Waals surface area contributed by atoms with Crippen LogP contribution in [0.5, 0.6) is 0 Å². The maximum absolute atomic E-state index is 12.5. The topological polar surface area (TPSA) is 66.5 Å². The summed E-state index contributed by atoms with van der Waals surface area (Å²) in [5, 5.41) is 3.44. The third kappa shape index (κ3) is 4.39. The van der Waals surface area contributed by atoms with Gasteiger partial charge in [0.25, 0.3) is 5.91 Å². The average molecular weight is 421 g/mol. The summed E-state index contributed by atoms with van der Waals surface area (Å²) in [4.78, 5) is 14.1. The van der Waals surface area contributed by atoms with Gasteiger partial charge in [0.15, 0.2) is 0 Å². The Morgan fingerprint density at radius 2 is 1.59 bits per heavy atom. The fraction of sp³-hybridized carbons (Fsp3) is 0.105. The second kappa shape index (κ2) is 7.82. The Morgan fingerprint density at radius 1 is 0.963 bits per heavy atom. The highest BCUT2D eigenvalue weighted by molar-refractivity contribution is 7.89. The quantitative estimate of drug-likeness (QED) is 0.657. The summed E-state index contributed by atoms with van der Waals surface area (Å²) in [5.74, 6) is -0.247. The van der Waals surface area contributed by atoms with Gasteiger partial charge in [-0.25, -0.2) is 12.7 Å². The smallest absolute Gasteiger partial charge is 0.265 e. The van der Waals surface area contributed by atoms with E-state index in [1.807, 2.05) is 18.2 Å². The second-order valence-corrected chi connectivity index (χ2v) is 9.61. The van der Waals surface area contributed by atoms with Crippen LogP contribution in [0.15, 0.2) is 65.6 Å². The Bertz CT molecular complexity index is 1060. The van der Waals surface area contributed by atoms with E-state index in [2.05, 4.69) is 5.32 Å². The van der Waals surface area contributed by atoms with Crippen LogP contribution < -0.4 is 5.32 Å². The number of anilines is 1. The first-order valence-corrected chi connectivity index (χ1v) is 10.6. The SMILES string of the molecule is CN(C)S(=O)(=O)c1ccc(NC(=O)c2ccc(-c3ccc(Cl)cc3)s2)cc1. The zero-order valence-corrected chi connectivity index (χ0v) is 17.0. The van der Waals surface area contributed by atoms with Crippen LogP contribution in [-0.2, 0) is 10.0 Å². The molecule has 0 aliphatic heterocycles. The molecule has 0 atom stereocenters. The van der Waals surface area contributed by atoms with E-state index >= 15 is 0 Å². The van der Waals surface area contributed by atoms with Crippen molar-refractivity contribution in [1.29, 1.82) is 0 Å². The predicted molar refractivity (Wildman–Crippen MR) is 110 cm³/mol. The third-order valence-corrected chi connectivity index (χ3v) is 7.06. The minimum atomic E-state index is -3.49. The Labute approximate surface area is 167 Å². The van der Waals surface area contributed by atoms with Crippen LogP contribution >= 0.6 is 22.9 Å². The lowest BCUT2D eigenvalue weighted by atomic mass is 10.2. The van der Waals surface area contributed by atoms with Crippen molar-refractivity contribution < 1.29 is 13.2 Å². The summed E-state index contributed by atoms with van der Waals surface area (Å²) in [6, 6.07) is 17.1. The van der Waals surface area contributed by atoms with Gasteiger partial charge < -0.3 is 5.32 Å². The number of amides is 1. The van der Waals surface area contributed by atoms with E-state index in [1.54, 1.807) is 30.3 Å². The number of carbonyl (C=O) groups is 1. The molecule has 1 amide bonds. The van der Waals surface area contributed by atoms with Crippen molar-refractivity contribution in [3.63, 3.8) is 0 Å². The fourth-order valence-electron chi connectivity index (χ4n) is 2.34. The van der Waals surface area contributed by atoms with Crippen molar-refractivity contribution in [1.82, 2.24) is 4.31 Å². The zero-order valence-electron chi connectivity index (χ0n) is 14.6. The number of nitrogens with zero attached hydrogens (tertiary/aromatic N) is 1. The molecule has 8 heteroatoms. The molecule has 1 N–H and O–H groups in total. The van der Waals surface area contributed by atoms with Crippen molar-refractivity contribution in [3.05, 3.63) is 70.6 Å². The van der Waals surface area contributed by atoms with E-state index in [-0.39, 0.29) is 10.8 Å². The van der Waals surface area contributed by atoms with Gasteiger partial charge in [-0.05, 0) is 54.1 Å². The van der Waals surface area contributed by atoms with Crippen molar-refractivity contribution in [2.75, 3.05) is 19.4 Å². The lowest BCUT2D eigenvalue weighted by Gasteiger charge is -2.11. The Kier molecular flexibility index (Phi) is 5.67. The molecular weight excluding hydrogens is 404 g/mol. The van der Waals surface area contributed by atoms with Gasteiger partial charge in [0.2, 0.25) is 10.0 Å². The second-order valence-electron chi connectivity index (χ2n) is 5.94. The number of benzene rings is 2. The van der Waals surface area contributed by atoms with Crippen molar-refractivity contribution in [2.24, 2.45) is 0 Å². The normalized spacial score (nSPS) is 11.6. The summed E-state index contributed by atoms with van der Waals surface area (Å²) in [6.45, 7) is 0. The standard InChI is InChI=1S/C19H17ClN2O3S2/c1-22(2)27(24,25)16-9-7-15(8-10-16)21-19(23)18-12-11-17(26-18)13-3-5-14(20)6-4-13/h3-12H,1-2H3,(H,21,23). The van der Waals surface area contributed by atoms with Gasteiger partial charge in [0, 0.05) is 29.7 Å². The van der Waals surface area contributed by atoms with Gasteiger partial charge in [0.05, 0.1) is 9.77 Å². The van der Waals surface area contributed by atoms with Crippen LogP contribution in [0.1, 0.15) is 9.67 Å². The summed E-state index contributed by atoms with van der Waals surface area (Å²) in [5.41, 5.74) is 1.51. The monoisotopic (exact) mass is 420 g/mol. The van der Waals surface area contributed by atoms with E-state index < -0.39 is 10.0 Å². The molecule has 0 aliphatic carbocycles. The van der Waals surface area contributed by atoms with Crippen LogP contribution in [0.3, 0.4) is 0 Å². The first kappa shape index (κ1) is 19.6. The van der Waals surface area contributed by atoms with Crippen LogP contribution in [0.2, 0.25) is 5.02 Å². The lowest BCUT2D eigenvalue weighted by molar-refractivity contribution is 0.103. The molecule has 1 aromatic heterocycles. The molecule has 0 bridgehead atoms. The molecular formula is C19H17ClN2O3S2. The highest BCUT2D eigenvalue weighted by atomic mass is 35.5. The fourth-order valence-corrected chi connectivity index (χ4v) is 4.28. The molecule has 140 valence electrons. The average Bonchev–Trinajstić information content (AvgIpc) is 3.13. The van der Waals surface area contributed by atoms with Gasteiger partial charge in [-0.3, -0.25) is 4.79 Å². The van der Waals surface area contributed by atoms with Gasteiger partial charge in [-0.1, -0.05) is 23.7 Å². The van der Waals surface area contributed by atoms with Crippen LogP contribution in [-0.4, -0.2) is 32.7 Å². The zero-order chi connectivity index (χ0) is 19.6. The van der Waals surface area contributed by atoms with E-state index in [0.29, 0.717) is 15.6 Å². The van der Waals surface area contributed by atoms with Crippen LogP contribution in [0.4, 0.5) is 5.69 Å². The summed E-state index contributed by atoms with van der Waals surface area (Å²) in [6.07, 6.45) is 0. The van der Waals surface area contributed by atoms with E-state index in [0.717, 1.165) is 14.7 Å². The van der Waals surface area contributed by atoms with Crippen LogP contribution in [0, 0.1) is 0 Å². The van der Waals surface area contributed by atoms with Gasteiger partial charge in [-0.2, -0.15) is 0 Å². The molecule has 0 radical (unpaired) electrons. The lowest BCUT2D eigenvalue weighted by Crippen LogP contribution is -2.22. The predicted octanol–water partition coefficient (Wildman–Crippen LogP) is 4.57. The first-order chi connectivity index (χ1) is 12.8. The molecule has 3 aromatic rings. The maximum atomic E-state index is 12.5. The molecule has 0 saturated heterocycles. The summed E-state index contributed by atoms with van der Waals surface area (Å²) >= 11 is 7.27. The van der Waals surface area contributed by atoms with Crippen molar-refractivity contribution in [2.45, 2.75) is 4.90 Å². The third-order valence-electron chi connectivity index (χ3n) is 3.85. The van der Waals surface area contributed by atoms with Gasteiger partial charge in [-0.15, -0.1) is 11.3 Å². The maximum Gasteiger partial charge on any atom is 0.265 e. The number of nitrogens with one attached hydrogen (secondary N) is 1. The molecule has 0 aliphatic rings.